The maximum atomic E-state index is 8.78. The van der Waals surface area contributed by atoms with Gasteiger partial charge in [-0.1, -0.05) is 32.0 Å². The normalized spacial score (nSPS) is 9.64. The molecule has 14 heavy (non-hydrogen) atoms. The summed E-state index contributed by atoms with van der Waals surface area (Å²) in [4.78, 5) is 3.16. The van der Waals surface area contributed by atoms with Crippen molar-refractivity contribution in [2.75, 3.05) is 6.61 Å². The first-order chi connectivity index (χ1) is 6.92. The number of aliphatic hydroxyl groups is 1. The van der Waals surface area contributed by atoms with E-state index in [-0.39, 0.29) is 6.61 Å². The van der Waals surface area contributed by atoms with Crippen molar-refractivity contribution in [3.05, 3.63) is 36.0 Å². The maximum absolute atomic E-state index is 8.78. The van der Waals surface area contributed by atoms with E-state index in [1.807, 2.05) is 38.2 Å². The van der Waals surface area contributed by atoms with E-state index in [1.165, 1.54) is 10.9 Å². The van der Waals surface area contributed by atoms with Crippen LogP contribution in [0, 0.1) is 0 Å². The molecule has 0 fully saturated rings. The van der Waals surface area contributed by atoms with Gasteiger partial charge in [0, 0.05) is 23.7 Å². The van der Waals surface area contributed by atoms with Gasteiger partial charge in [-0.15, -0.1) is 0 Å². The van der Waals surface area contributed by atoms with Crippen LogP contribution >= 0.6 is 0 Å². The monoisotopic (exact) mass is 191 g/mol. The molecule has 2 heteroatoms. The lowest BCUT2D eigenvalue weighted by molar-refractivity contribution is 0.300. The van der Waals surface area contributed by atoms with Gasteiger partial charge in [0.1, 0.15) is 0 Å². The molecule has 0 aliphatic rings. The molecule has 0 saturated heterocycles. The molecule has 1 aromatic carbocycles. The Balaban J connectivity index is 0.000000461. The summed E-state index contributed by atoms with van der Waals surface area (Å²) in [5.74, 6) is 0. The van der Waals surface area contributed by atoms with E-state index >= 15 is 0 Å². The van der Waals surface area contributed by atoms with Crippen LogP contribution < -0.4 is 0 Å². The highest BCUT2D eigenvalue weighted by atomic mass is 16.2. The van der Waals surface area contributed by atoms with E-state index in [1.54, 1.807) is 0 Å². The molecule has 0 aliphatic heterocycles. The topological polar surface area (TPSA) is 36.0 Å². The van der Waals surface area contributed by atoms with E-state index < -0.39 is 0 Å². The Morgan fingerprint density at radius 2 is 1.93 bits per heavy atom. The SMILES string of the molecule is CC.OCCc1c[nH]c2ccccc12. The van der Waals surface area contributed by atoms with Crippen molar-refractivity contribution in [3.63, 3.8) is 0 Å². The van der Waals surface area contributed by atoms with Crippen LogP contribution in [0.5, 0.6) is 0 Å². The van der Waals surface area contributed by atoms with Crippen LogP contribution in [0.3, 0.4) is 0 Å². The Labute approximate surface area is 84.6 Å². The Morgan fingerprint density at radius 3 is 2.64 bits per heavy atom. The first-order valence-electron chi connectivity index (χ1n) is 5.07. The third-order valence-electron chi connectivity index (χ3n) is 2.06. The third kappa shape index (κ3) is 2.15. The minimum atomic E-state index is 0.210. The van der Waals surface area contributed by atoms with E-state index in [9.17, 15) is 0 Å². The summed E-state index contributed by atoms with van der Waals surface area (Å²) >= 11 is 0. The van der Waals surface area contributed by atoms with Crippen LogP contribution in [-0.2, 0) is 6.42 Å². The molecule has 1 heterocycles. The fraction of sp³-hybridized carbons (Fsp3) is 0.333. The van der Waals surface area contributed by atoms with Gasteiger partial charge < -0.3 is 10.1 Å². The van der Waals surface area contributed by atoms with Crippen molar-refractivity contribution in [2.45, 2.75) is 20.3 Å². The highest BCUT2D eigenvalue weighted by Gasteiger charge is 2.00. The van der Waals surface area contributed by atoms with Crippen molar-refractivity contribution in [1.29, 1.82) is 0 Å². The van der Waals surface area contributed by atoms with Crippen LogP contribution in [0.15, 0.2) is 30.5 Å². The van der Waals surface area contributed by atoms with Crippen molar-refractivity contribution < 1.29 is 5.11 Å². The number of aromatic nitrogens is 1. The predicted octanol–water partition coefficient (Wildman–Crippen LogP) is 2.73. The second kappa shape index (κ2) is 5.45. The lowest BCUT2D eigenvalue weighted by Crippen LogP contribution is -1.87. The van der Waals surface area contributed by atoms with Gasteiger partial charge in [0.15, 0.2) is 0 Å². The Hall–Kier alpha value is -1.28. The Morgan fingerprint density at radius 1 is 1.21 bits per heavy atom. The first kappa shape index (κ1) is 10.8. The van der Waals surface area contributed by atoms with Gasteiger partial charge in [0.05, 0.1) is 0 Å². The summed E-state index contributed by atoms with van der Waals surface area (Å²) in [6.07, 6.45) is 2.69. The molecule has 0 spiro atoms. The predicted molar refractivity (Wildman–Crippen MR) is 60.4 cm³/mol. The molecule has 2 nitrogen and oxygen atoms in total. The molecule has 0 radical (unpaired) electrons. The first-order valence-corrected chi connectivity index (χ1v) is 5.07. The van der Waals surface area contributed by atoms with Crippen LogP contribution in [-0.4, -0.2) is 16.7 Å². The van der Waals surface area contributed by atoms with Gasteiger partial charge in [0.2, 0.25) is 0 Å². The molecular formula is C12H17NO. The molecule has 0 atom stereocenters. The molecule has 0 unspecified atom stereocenters. The molecule has 2 aromatic rings. The summed E-state index contributed by atoms with van der Waals surface area (Å²) in [6, 6.07) is 8.12. The lowest BCUT2D eigenvalue weighted by Gasteiger charge is -1.93. The van der Waals surface area contributed by atoms with Gasteiger partial charge in [0.25, 0.3) is 0 Å². The van der Waals surface area contributed by atoms with Crippen molar-refractivity contribution >= 4 is 10.9 Å². The highest BCUT2D eigenvalue weighted by Crippen LogP contribution is 2.17. The standard InChI is InChI=1S/C10H11NO.C2H6/c12-6-5-8-7-11-10-4-2-1-3-9(8)10;1-2/h1-4,7,11-12H,5-6H2;1-2H3. The lowest BCUT2D eigenvalue weighted by atomic mass is 10.1. The third-order valence-corrected chi connectivity index (χ3v) is 2.06. The molecule has 76 valence electrons. The molecule has 1 aromatic heterocycles. The van der Waals surface area contributed by atoms with Crippen molar-refractivity contribution in [2.24, 2.45) is 0 Å². The van der Waals surface area contributed by atoms with Crippen LogP contribution in [0.2, 0.25) is 0 Å². The van der Waals surface area contributed by atoms with E-state index in [4.69, 9.17) is 5.11 Å². The molecule has 0 amide bonds. The minimum Gasteiger partial charge on any atom is -0.396 e. The van der Waals surface area contributed by atoms with Gasteiger partial charge in [-0.25, -0.2) is 0 Å². The van der Waals surface area contributed by atoms with Crippen LogP contribution in [0.4, 0.5) is 0 Å². The van der Waals surface area contributed by atoms with Gasteiger partial charge >= 0.3 is 0 Å². The molecule has 2 N–H and O–H groups in total. The van der Waals surface area contributed by atoms with E-state index in [0.717, 1.165) is 11.9 Å². The summed E-state index contributed by atoms with van der Waals surface area (Å²) < 4.78 is 0. The number of rotatable bonds is 2. The van der Waals surface area contributed by atoms with E-state index in [0.29, 0.717) is 0 Å². The number of benzene rings is 1. The number of nitrogens with one attached hydrogen (secondary N) is 1. The van der Waals surface area contributed by atoms with Crippen molar-refractivity contribution in [3.8, 4) is 0 Å². The maximum Gasteiger partial charge on any atom is 0.0472 e. The second-order valence-corrected chi connectivity index (χ2v) is 2.83. The summed E-state index contributed by atoms with van der Waals surface area (Å²) in [7, 11) is 0. The number of para-hydroxylation sites is 1. The fourth-order valence-electron chi connectivity index (χ4n) is 1.46. The van der Waals surface area contributed by atoms with Gasteiger partial charge in [-0.05, 0) is 18.1 Å². The minimum absolute atomic E-state index is 0.210. The Bertz CT molecular complexity index is 378. The van der Waals surface area contributed by atoms with Crippen molar-refractivity contribution in [1.82, 2.24) is 4.98 Å². The zero-order chi connectivity index (χ0) is 10.4. The average Bonchev–Trinajstić information content (AvgIpc) is 2.66. The van der Waals surface area contributed by atoms with Gasteiger partial charge in [-0.3, -0.25) is 0 Å². The zero-order valence-corrected chi connectivity index (χ0v) is 8.75. The quantitative estimate of drug-likeness (QED) is 0.752. The summed E-state index contributed by atoms with van der Waals surface area (Å²) in [5.41, 5.74) is 2.33. The van der Waals surface area contributed by atoms with E-state index in [2.05, 4.69) is 11.1 Å². The second-order valence-electron chi connectivity index (χ2n) is 2.83. The number of hydrogen-bond donors (Lipinski definition) is 2. The smallest absolute Gasteiger partial charge is 0.0472 e. The number of fused-ring (bicyclic) bond motifs is 1. The summed E-state index contributed by atoms with van der Waals surface area (Å²) in [5, 5.41) is 10.00. The summed E-state index contributed by atoms with van der Waals surface area (Å²) in [6.45, 7) is 4.21. The fourth-order valence-corrected chi connectivity index (χ4v) is 1.46. The van der Waals surface area contributed by atoms with Crippen LogP contribution in [0.1, 0.15) is 19.4 Å². The average molecular weight is 191 g/mol. The molecular weight excluding hydrogens is 174 g/mol. The molecule has 0 saturated carbocycles. The Kier molecular flexibility index (Phi) is 4.20. The van der Waals surface area contributed by atoms with Gasteiger partial charge in [-0.2, -0.15) is 0 Å². The zero-order valence-electron chi connectivity index (χ0n) is 8.75. The highest BCUT2D eigenvalue weighted by molar-refractivity contribution is 5.82. The van der Waals surface area contributed by atoms with Crippen LogP contribution in [0.25, 0.3) is 10.9 Å². The number of hydrogen-bond acceptors (Lipinski definition) is 1. The largest absolute Gasteiger partial charge is 0.396 e. The molecule has 2 rings (SSSR count). The molecule has 0 bridgehead atoms. The molecule has 0 aliphatic carbocycles. The number of aliphatic hydroxyl groups excluding tert-OH is 1. The number of aromatic amines is 1. The number of H-pyrrole nitrogens is 1.